The maximum absolute atomic E-state index is 6.26. The van der Waals surface area contributed by atoms with Crippen molar-refractivity contribution in [3.63, 3.8) is 0 Å². The summed E-state index contributed by atoms with van der Waals surface area (Å²) in [6, 6.07) is 9.03. The predicted molar refractivity (Wildman–Crippen MR) is 90.7 cm³/mol. The van der Waals surface area contributed by atoms with Gasteiger partial charge in [-0.1, -0.05) is 30.7 Å². The number of rotatable bonds is 6. The number of nitrogens with zero attached hydrogens (tertiary/aromatic N) is 2. The number of likely N-dealkylation sites (tertiary alicyclic amines) is 1. The molecule has 0 amide bonds. The SMILES string of the molecule is CCN1CCCC1CN(C)C(c1cccc(Cl)c1)C(C)N. The van der Waals surface area contributed by atoms with E-state index in [4.69, 9.17) is 17.3 Å². The van der Waals surface area contributed by atoms with E-state index in [0.717, 1.165) is 18.1 Å². The highest BCUT2D eigenvalue weighted by molar-refractivity contribution is 6.30. The van der Waals surface area contributed by atoms with Gasteiger partial charge in [-0.15, -0.1) is 0 Å². The number of nitrogens with two attached hydrogens (primary N) is 1. The molecule has 0 spiro atoms. The zero-order chi connectivity index (χ0) is 15.4. The molecule has 1 fully saturated rings. The molecule has 1 aliphatic rings. The fourth-order valence-electron chi connectivity index (χ4n) is 3.61. The first kappa shape index (κ1) is 16.8. The van der Waals surface area contributed by atoms with Gasteiger partial charge in [-0.05, 0) is 57.6 Å². The van der Waals surface area contributed by atoms with E-state index in [1.807, 2.05) is 18.2 Å². The summed E-state index contributed by atoms with van der Waals surface area (Å²) in [6.07, 6.45) is 2.60. The van der Waals surface area contributed by atoms with Gasteiger partial charge in [-0.25, -0.2) is 0 Å². The highest BCUT2D eigenvalue weighted by Gasteiger charge is 2.28. The number of benzene rings is 1. The molecule has 21 heavy (non-hydrogen) atoms. The summed E-state index contributed by atoms with van der Waals surface area (Å²) in [5, 5.41) is 0.780. The van der Waals surface area contributed by atoms with Crippen LogP contribution in [0, 0.1) is 0 Å². The summed E-state index contributed by atoms with van der Waals surface area (Å²) in [4.78, 5) is 4.97. The zero-order valence-corrected chi connectivity index (χ0v) is 14.2. The molecule has 2 N–H and O–H groups in total. The Morgan fingerprint density at radius 1 is 1.48 bits per heavy atom. The van der Waals surface area contributed by atoms with Crippen LogP contribution in [0.5, 0.6) is 0 Å². The monoisotopic (exact) mass is 309 g/mol. The lowest BCUT2D eigenvalue weighted by atomic mass is 9.99. The van der Waals surface area contributed by atoms with Crippen molar-refractivity contribution in [1.29, 1.82) is 0 Å². The molecule has 118 valence electrons. The third-order valence-electron chi connectivity index (χ3n) is 4.57. The molecule has 3 unspecified atom stereocenters. The van der Waals surface area contributed by atoms with Gasteiger partial charge in [0, 0.05) is 29.7 Å². The lowest BCUT2D eigenvalue weighted by Gasteiger charge is -2.35. The van der Waals surface area contributed by atoms with E-state index in [1.54, 1.807) is 0 Å². The summed E-state index contributed by atoms with van der Waals surface area (Å²) in [5.41, 5.74) is 7.47. The Morgan fingerprint density at radius 2 is 2.24 bits per heavy atom. The van der Waals surface area contributed by atoms with Crippen molar-refractivity contribution < 1.29 is 0 Å². The summed E-state index contributed by atoms with van der Waals surface area (Å²) in [6.45, 7) is 7.76. The number of hydrogen-bond acceptors (Lipinski definition) is 3. The van der Waals surface area contributed by atoms with E-state index in [1.165, 1.54) is 24.9 Å². The minimum atomic E-state index is 0.0740. The minimum Gasteiger partial charge on any atom is -0.326 e. The van der Waals surface area contributed by atoms with Crippen LogP contribution in [-0.4, -0.2) is 48.6 Å². The second-order valence-electron chi connectivity index (χ2n) is 6.22. The van der Waals surface area contributed by atoms with Crippen LogP contribution in [-0.2, 0) is 0 Å². The van der Waals surface area contributed by atoms with Crippen LogP contribution in [0.25, 0.3) is 0 Å². The molecule has 0 aromatic heterocycles. The topological polar surface area (TPSA) is 32.5 Å². The van der Waals surface area contributed by atoms with E-state index >= 15 is 0 Å². The van der Waals surface area contributed by atoms with Gasteiger partial charge in [-0.2, -0.15) is 0 Å². The normalized spacial score (nSPS) is 22.7. The van der Waals surface area contributed by atoms with Crippen molar-refractivity contribution in [1.82, 2.24) is 9.80 Å². The maximum atomic E-state index is 6.26. The molecular formula is C17H28ClN3. The molecule has 3 nitrogen and oxygen atoms in total. The molecule has 2 rings (SSSR count). The minimum absolute atomic E-state index is 0.0740. The van der Waals surface area contributed by atoms with Crippen LogP contribution in [0.2, 0.25) is 5.02 Å². The van der Waals surface area contributed by atoms with Crippen LogP contribution in [0.4, 0.5) is 0 Å². The first-order valence-electron chi connectivity index (χ1n) is 7.98. The van der Waals surface area contributed by atoms with Crippen LogP contribution < -0.4 is 5.73 Å². The largest absolute Gasteiger partial charge is 0.326 e. The molecule has 4 heteroatoms. The standard InChI is InChI=1S/C17H28ClN3/c1-4-21-10-6-9-16(21)12-20(3)17(13(2)19)14-7-5-8-15(18)11-14/h5,7-8,11,13,16-17H,4,6,9-10,12,19H2,1-3H3. The molecule has 1 aromatic rings. The predicted octanol–water partition coefficient (Wildman–Crippen LogP) is 3.14. The van der Waals surface area contributed by atoms with Gasteiger partial charge in [0.05, 0.1) is 0 Å². The van der Waals surface area contributed by atoms with E-state index < -0.39 is 0 Å². The van der Waals surface area contributed by atoms with Crippen molar-refractivity contribution in [2.45, 2.75) is 44.8 Å². The molecule has 0 radical (unpaired) electrons. The smallest absolute Gasteiger partial charge is 0.0494 e. The van der Waals surface area contributed by atoms with Crippen LogP contribution in [0.3, 0.4) is 0 Å². The van der Waals surface area contributed by atoms with Crippen molar-refractivity contribution in [2.75, 3.05) is 26.7 Å². The summed E-state index contributed by atoms with van der Waals surface area (Å²) >= 11 is 6.15. The summed E-state index contributed by atoms with van der Waals surface area (Å²) in [5.74, 6) is 0. The summed E-state index contributed by atoms with van der Waals surface area (Å²) < 4.78 is 0. The Labute approximate surface area is 134 Å². The van der Waals surface area contributed by atoms with Crippen molar-refractivity contribution in [2.24, 2.45) is 5.73 Å². The van der Waals surface area contributed by atoms with Gasteiger partial charge in [0.25, 0.3) is 0 Å². The Bertz CT molecular complexity index is 449. The van der Waals surface area contributed by atoms with E-state index in [2.05, 4.69) is 36.8 Å². The Kier molecular flexibility index (Phi) is 6.06. The lowest BCUT2D eigenvalue weighted by Crippen LogP contribution is -2.44. The van der Waals surface area contributed by atoms with E-state index in [9.17, 15) is 0 Å². The third kappa shape index (κ3) is 4.19. The third-order valence-corrected chi connectivity index (χ3v) is 4.80. The van der Waals surface area contributed by atoms with Crippen molar-refractivity contribution in [3.05, 3.63) is 34.9 Å². The first-order chi connectivity index (χ1) is 10.0. The molecule has 1 heterocycles. The average Bonchev–Trinajstić information content (AvgIpc) is 2.85. The lowest BCUT2D eigenvalue weighted by molar-refractivity contribution is 0.151. The van der Waals surface area contributed by atoms with Crippen molar-refractivity contribution >= 4 is 11.6 Å². The molecule has 3 atom stereocenters. The second-order valence-corrected chi connectivity index (χ2v) is 6.66. The Hall–Kier alpha value is -0.610. The number of likely N-dealkylation sites (N-methyl/N-ethyl adjacent to an activating group) is 2. The molecule has 0 saturated carbocycles. The Balaban J connectivity index is 2.11. The molecular weight excluding hydrogens is 282 g/mol. The van der Waals surface area contributed by atoms with Gasteiger partial charge in [0.2, 0.25) is 0 Å². The van der Waals surface area contributed by atoms with E-state index in [0.29, 0.717) is 6.04 Å². The average molecular weight is 310 g/mol. The molecule has 1 saturated heterocycles. The maximum Gasteiger partial charge on any atom is 0.0494 e. The van der Waals surface area contributed by atoms with Gasteiger partial charge < -0.3 is 5.73 Å². The fourth-order valence-corrected chi connectivity index (χ4v) is 3.81. The number of hydrogen-bond donors (Lipinski definition) is 1. The van der Waals surface area contributed by atoms with Crippen molar-refractivity contribution in [3.8, 4) is 0 Å². The van der Waals surface area contributed by atoms with Crippen LogP contribution in [0.15, 0.2) is 24.3 Å². The van der Waals surface area contributed by atoms with E-state index in [-0.39, 0.29) is 12.1 Å². The quantitative estimate of drug-likeness (QED) is 0.876. The fraction of sp³-hybridized carbons (Fsp3) is 0.647. The molecule has 1 aliphatic heterocycles. The first-order valence-corrected chi connectivity index (χ1v) is 8.36. The van der Waals surface area contributed by atoms with Gasteiger partial charge in [0.1, 0.15) is 0 Å². The van der Waals surface area contributed by atoms with Gasteiger partial charge in [-0.3, -0.25) is 9.80 Å². The highest BCUT2D eigenvalue weighted by Crippen LogP contribution is 2.27. The van der Waals surface area contributed by atoms with Gasteiger partial charge in [0.15, 0.2) is 0 Å². The Morgan fingerprint density at radius 3 is 2.86 bits per heavy atom. The van der Waals surface area contributed by atoms with Crippen LogP contribution >= 0.6 is 11.6 Å². The van der Waals surface area contributed by atoms with Crippen LogP contribution in [0.1, 0.15) is 38.3 Å². The number of halogens is 1. The molecule has 0 aliphatic carbocycles. The van der Waals surface area contributed by atoms with Gasteiger partial charge >= 0.3 is 0 Å². The highest BCUT2D eigenvalue weighted by atomic mass is 35.5. The molecule has 1 aromatic carbocycles. The second kappa shape index (κ2) is 7.59. The zero-order valence-electron chi connectivity index (χ0n) is 13.4. The molecule has 0 bridgehead atoms. The summed E-state index contributed by atoms with van der Waals surface area (Å²) in [7, 11) is 2.18.